The molecule has 0 aromatic carbocycles. The third-order valence-electron chi connectivity index (χ3n) is 4.23. The van der Waals surface area contributed by atoms with Crippen molar-refractivity contribution in [2.45, 2.75) is 57.8 Å². The van der Waals surface area contributed by atoms with Crippen molar-refractivity contribution < 1.29 is 5.11 Å². The standard InChI is InChI=1S/C14H26N2O/c1-14(2)9-8-12(15-3)13(17)16(10-14)11-6-4-5-7-11/h4,6,11-13,15,17H,5,7-10H2,1-3H3. The number of nitrogens with zero attached hydrogens (tertiary/aromatic N) is 1. The molecule has 0 amide bonds. The van der Waals surface area contributed by atoms with E-state index in [0.717, 1.165) is 25.8 Å². The zero-order valence-electron chi connectivity index (χ0n) is 11.3. The SMILES string of the molecule is CNC1CCC(C)(C)CN(C2C=CCC2)C1O. The lowest BCUT2D eigenvalue weighted by atomic mass is 9.87. The van der Waals surface area contributed by atoms with Gasteiger partial charge in [0.1, 0.15) is 6.23 Å². The van der Waals surface area contributed by atoms with Gasteiger partial charge in [0.2, 0.25) is 0 Å². The highest BCUT2D eigenvalue weighted by atomic mass is 16.3. The quantitative estimate of drug-likeness (QED) is 0.719. The van der Waals surface area contributed by atoms with Gasteiger partial charge in [-0.1, -0.05) is 26.0 Å². The van der Waals surface area contributed by atoms with Crippen LogP contribution in [0.2, 0.25) is 0 Å². The van der Waals surface area contributed by atoms with Gasteiger partial charge in [-0.2, -0.15) is 0 Å². The van der Waals surface area contributed by atoms with Gasteiger partial charge in [-0.25, -0.2) is 0 Å². The molecule has 1 fully saturated rings. The third kappa shape index (κ3) is 2.90. The first-order chi connectivity index (χ1) is 8.03. The first kappa shape index (κ1) is 13.1. The Labute approximate surface area is 105 Å². The normalized spacial score (nSPS) is 38.2. The van der Waals surface area contributed by atoms with Crippen molar-refractivity contribution in [1.29, 1.82) is 0 Å². The van der Waals surface area contributed by atoms with Crippen LogP contribution in [0.3, 0.4) is 0 Å². The maximum absolute atomic E-state index is 10.5. The maximum atomic E-state index is 10.5. The van der Waals surface area contributed by atoms with Crippen LogP contribution in [0.5, 0.6) is 0 Å². The molecule has 3 heteroatoms. The lowest BCUT2D eigenvalue weighted by Crippen LogP contribution is -2.52. The summed E-state index contributed by atoms with van der Waals surface area (Å²) in [6, 6.07) is 0.629. The van der Waals surface area contributed by atoms with Gasteiger partial charge in [0.15, 0.2) is 0 Å². The predicted octanol–water partition coefficient (Wildman–Crippen LogP) is 1.73. The summed E-state index contributed by atoms with van der Waals surface area (Å²) < 4.78 is 0. The maximum Gasteiger partial charge on any atom is 0.123 e. The highest BCUT2D eigenvalue weighted by molar-refractivity contribution is 5.04. The number of allylic oxidation sites excluding steroid dienone is 1. The number of aliphatic hydroxyl groups is 1. The Morgan fingerprint density at radius 3 is 2.71 bits per heavy atom. The topological polar surface area (TPSA) is 35.5 Å². The van der Waals surface area contributed by atoms with Crippen molar-refractivity contribution in [3.8, 4) is 0 Å². The Kier molecular flexibility index (Phi) is 3.91. The minimum atomic E-state index is -0.352. The molecule has 2 N–H and O–H groups in total. The van der Waals surface area contributed by atoms with Crippen LogP contribution in [0.15, 0.2) is 12.2 Å². The lowest BCUT2D eigenvalue weighted by molar-refractivity contribution is -0.0410. The van der Waals surface area contributed by atoms with Gasteiger partial charge in [-0.3, -0.25) is 4.90 Å². The van der Waals surface area contributed by atoms with E-state index >= 15 is 0 Å². The van der Waals surface area contributed by atoms with E-state index in [0.29, 0.717) is 11.5 Å². The van der Waals surface area contributed by atoms with E-state index in [4.69, 9.17) is 0 Å². The van der Waals surface area contributed by atoms with Gasteiger partial charge < -0.3 is 10.4 Å². The fourth-order valence-corrected chi connectivity index (χ4v) is 3.09. The van der Waals surface area contributed by atoms with Crippen LogP contribution in [0.25, 0.3) is 0 Å². The second-order valence-corrected chi connectivity index (χ2v) is 6.26. The van der Waals surface area contributed by atoms with Crippen LogP contribution >= 0.6 is 0 Å². The number of aliphatic hydroxyl groups excluding tert-OH is 1. The van der Waals surface area contributed by atoms with Crippen molar-refractivity contribution in [2.24, 2.45) is 5.41 Å². The average Bonchev–Trinajstić information content (AvgIpc) is 2.76. The molecule has 3 nitrogen and oxygen atoms in total. The molecule has 1 aliphatic carbocycles. The summed E-state index contributed by atoms with van der Waals surface area (Å²) in [4.78, 5) is 2.29. The summed E-state index contributed by atoms with van der Waals surface area (Å²) in [6.45, 7) is 5.61. The van der Waals surface area contributed by atoms with Crippen LogP contribution in [-0.2, 0) is 0 Å². The van der Waals surface area contributed by atoms with Crippen molar-refractivity contribution in [2.75, 3.05) is 13.6 Å². The number of nitrogens with one attached hydrogen (secondary N) is 1. The predicted molar refractivity (Wildman–Crippen MR) is 70.7 cm³/mol. The summed E-state index contributed by atoms with van der Waals surface area (Å²) >= 11 is 0. The number of likely N-dealkylation sites (tertiary alicyclic amines) is 1. The molecule has 0 spiro atoms. The minimum absolute atomic E-state index is 0.200. The zero-order valence-corrected chi connectivity index (χ0v) is 11.3. The Morgan fingerprint density at radius 1 is 1.35 bits per heavy atom. The molecule has 1 heterocycles. The Hall–Kier alpha value is -0.380. The van der Waals surface area contributed by atoms with E-state index in [1.807, 2.05) is 7.05 Å². The molecule has 2 rings (SSSR count). The third-order valence-corrected chi connectivity index (χ3v) is 4.23. The second kappa shape index (κ2) is 5.09. The molecule has 1 aliphatic heterocycles. The van der Waals surface area contributed by atoms with Gasteiger partial charge in [0.05, 0.1) is 0 Å². The van der Waals surface area contributed by atoms with Crippen LogP contribution in [-0.4, -0.2) is 41.9 Å². The van der Waals surface area contributed by atoms with E-state index in [9.17, 15) is 5.11 Å². The largest absolute Gasteiger partial charge is 0.377 e. The Morgan fingerprint density at radius 2 is 2.12 bits per heavy atom. The van der Waals surface area contributed by atoms with E-state index in [2.05, 4.69) is 36.2 Å². The molecule has 98 valence electrons. The molecule has 3 atom stereocenters. The molecule has 1 saturated heterocycles. The summed E-state index contributed by atoms with van der Waals surface area (Å²) in [5.74, 6) is 0. The van der Waals surface area contributed by atoms with Crippen molar-refractivity contribution in [3.05, 3.63) is 12.2 Å². The van der Waals surface area contributed by atoms with Crippen molar-refractivity contribution in [1.82, 2.24) is 10.2 Å². The highest BCUT2D eigenvalue weighted by Crippen LogP contribution is 2.33. The highest BCUT2D eigenvalue weighted by Gasteiger charge is 2.37. The van der Waals surface area contributed by atoms with E-state index < -0.39 is 0 Å². The second-order valence-electron chi connectivity index (χ2n) is 6.26. The van der Waals surface area contributed by atoms with Gasteiger partial charge in [0, 0.05) is 18.6 Å². The van der Waals surface area contributed by atoms with Gasteiger partial charge in [-0.05, 0) is 38.1 Å². The molecule has 17 heavy (non-hydrogen) atoms. The fraction of sp³-hybridized carbons (Fsp3) is 0.857. The van der Waals surface area contributed by atoms with Crippen LogP contribution < -0.4 is 5.32 Å². The average molecular weight is 238 g/mol. The summed E-state index contributed by atoms with van der Waals surface area (Å²) in [5, 5.41) is 13.8. The first-order valence-electron chi connectivity index (χ1n) is 6.81. The van der Waals surface area contributed by atoms with E-state index in [1.54, 1.807) is 0 Å². The smallest absolute Gasteiger partial charge is 0.123 e. The minimum Gasteiger partial charge on any atom is -0.377 e. The number of rotatable bonds is 2. The van der Waals surface area contributed by atoms with Crippen LogP contribution in [0.4, 0.5) is 0 Å². The van der Waals surface area contributed by atoms with Gasteiger partial charge in [-0.15, -0.1) is 0 Å². The van der Waals surface area contributed by atoms with E-state index in [-0.39, 0.29) is 12.3 Å². The number of hydrogen-bond acceptors (Lipinski definition) is 3. The summed E-state index contributed by atoms with van der Waals surface area (Å²) in [7, 11) is 1.95. The molecular weight excluding hydrogens is 212 g/mol. The molecule has 0 aromatic rings. The lowest BCUT2D eigenvalue weighted by Gasteiger charge is -2.37. The van der Waals surface area contributed by atoms with Crippen LogP contribution in [0, 0.1) is 5.41 Å². The molecule has 0 aromatic heterocycles. The molecule has 3 unspecified atom stereocenters. The number of hydrogen-bond donors (Lipinski definition) is 2. The zero-order chi connectivity index (χ0) is 12.5. The van der Waals surface area contributed by atoms with E-state index in [1.165, 1.54) is 6.42 Å². The van der Waals surface area contributed by atoms with Crippen molar-refractivity contribution >= 4 is 0 Å². The Balaban J connectivity index is 2.16. The van der Waals surface area contributed by atoms with Crippen LogP contribution in [0.1, 0.15) is 39.5 Å². The molecule has 0 radical (unpaired) electrons. The summed E-state index contributed by atoms with van der Waals surface area (Å²) in [5.41, 5.74) is 0.295. The number of likely N-dealkylation sites (N-methyl/N-ethyl adjacent to an activating group) is 1. The fourth-order valence-electron chi connectivity index (χ4n) is 3.09. The summed E-state index contributed by atoms with van der Waals surface area (Å²) in [6.07, 6.45) is 8.68. The molecule has 0 bridgehead atoms. The first-order valence-corrected chi connectivity index (χ1v) is 6.81. The van der Waals surface area contributed by atoms with Gasteiger partial charge in [0.25, 0.3) is 0 Å². The molecule has 2 aliphatic rings. The monoisotopic (exact) mass is 238 g/mol. The molecular formula is C14H26N2O. The van der Waals surface area contributed by atoms with Crippen molar-refractivity contribution in [3.63, 3.8) is 0 Å². The molecule has 0 saturated carbocycles. The van der Waals surface area contributed by atoms with Gasteiger partial charge >= 0.3 is 0 Å². The Bertz CT molecular complexity index is 288.